The van der Waals surface area contributed by atoms with Crippen LogP contribution in [0.3, 0.4) is 0 Å². The number of alkyl halides is 1. The van der Waals surface area contributed by atoms with Gasteiger partial charge in [-0.05, 0) is 25.3 Å². The summed E-state index contributed by atoms with van der Waals surface area (Å²) in [6.07, 6.45) is 0. The van der Waals surface area contributed by atoms with Crippen LogP contribution in [-0.2, 0) is 10.0 Å². The number of sulfonamides is 1. The fourth-order valence-corrected chi connectivity index (χ4v) is 3.87. The van der Waals surface area contributed by atoms with Crippen molar-refractivity contribution in [2.45, 2.75) is 32.2 Å². The lowest BCUT2D eigenvalue weighted by molar-refractivity contribution is 0.498. The Kier molecular flexibility index (Phi) is 5.37. The zero-order valence-corrected chi connectivity index (χ0v) is 13.4. The van der Waals surface area contributed by atoms with Gasteiger partial charge in [-0.25, -0.2) is 13.1 Å². The molecule has 102 valence electrons. The Morgan fingerprint density at radius 1 is 1.28 bits per heavy atom. The van der Waals surface area contributed by atoms with Gasteiger partial charge in [-0.1, -0.05) is 53.2 Å². The van der Waals surface area contributed by atoms with E-state index in [9.17, 15) is 8.42 Å². The summed E-state index contributed by atoms with van der Waals surface area (Å²) in [5, 5.41) is 0.582. The maximum atomic E-state index is 12.1. The highest BCUT2D eigenvalue weighted by Gasteiger charge is 2.25. The molecule has 0 aromatic heterocycles. The van der Waals surface area contributed by atoms with Crippen molar-refractivity contribution in [1.82, 2.24) is 4.72 Å². The minimum atomic E-state index is -3.28. The number of rotatable bonds is 6. The molecule has 1 N–H and O–H groups in total. The van der Waals surface area contributed by atoms with Crippen LogP contribution in [0.2, 0.25) is 0 Å². The van der Waals surface area contributed by atoms with Crippen molar-refractivity contribution in [3.63, 3.8) is 0 Å². The van der Waals surface area contributed by atoms with Crippen LogP contribution in [0, 0.1) is 0 Å². The molecule has 1 atom stereocenters. The Labute approximate surface area is 118 Å². The predicted octanol–water partition coefficient (Wildman–Crippen LogP) is 2.88. The quantitative estimate of drug-likeness (QED) is 0.813. The van der Waals surface area contributed by atoms with Gasteiger partial charge in [-0.15, -0.1) is 0 Å². The Bertz CT molecular complexity index is 471. The lowest BCUT2D eigenvalue weighted by Gasteiger charge is -2.24. The molecule has 3 nitrogen and oxygen atoms in total. The molecule has 1 aromatic carbocycles. The highest BCUT2D eigenvalue weighted by molar-refractivity contribution is 9.09. The monoisotopic (exact) mass is 333 g/mol. The average molecular weight is 334 g/mol. The molecule has 0 saturated carbocycles. The molecule has 5 heteroatoms. The van der Waals surface area contributed by atoms with Gasteiger partial charge in [0.05, 0.1) is 5.75 Å². The molecule has 1 aromatic rings. The first-order valence-corrected chi connectivity index (χ1v) is 8.66. The molecule has 0 fully saturated rings. The minimum Gasteiger partial charge on any atom is -0.212 e. The van der Waals surface area contributed by atoms with E-state index in [1.54, 1.807) is 0 Å². The van der Waals surface area contributed by atoms with Crippen molar-refractivity contribution in [3.8, 4) is 0 Å². The lowest BCUT2D eigenvalue weighted by atomic mass is 10.0. The van der Waals surface area contributed by atoms with Crippen LogP contribution < -0.4 is 4.72 Å². The summed E-state index contributed by atoms with van der Waals surface area (Å²) in [6.45, 7) is 5.63. The van der Waals surface area contributed by atoms with E-state index in [0.717, 1.165) is 5.56 Å². The molecule has 1 rings (SSSR count). The first-order chi connectivity index (χ1) is 8.26. The van der Waals surface area contributed by atoms with Gasteiger partial charge in [0.15, 0.2) is 0 Å². The maximum absolute atomic E-state index is 12.1. The number of hydrogen-bond acceptors (Lipinski definition) is 2. The van der Waals surface area contributed by atoms with Crippen molar-refractivity contribution in [2.75, 3.05) is 11.1 Å². The molecule has 0 aliphatic heterocycles. The largest absolute Gasteiger partial charge is 0.212 e. The van der Waals surface area contributed by atoms with Crippen LogP contribution in [-0.4, -0.2) is 25.0 Å². The molecule has 0 heterocycles. The smallest absolute Gasteiger partial charge is 0.212 e. The summed E-state index contributed by atoms with van der Waals surface area (Å²) in [7, 11) is -3.28. The van der Waals surface area contributed by atoms with Crippen molar-refractivity contribution >= 4 is 26.0 Å². The zero-order chi connectivity index (χ0) is 13.8. The van der Waals surface area contributed by atoms with Crippen molar-refractivity contribution in [3.05, 3.63) is 35.9 Å². The molecule has 18 heavy (non-hydrogen) atoms. The number of halogens is 1. The summed E-state index contributed by atoms with van der Waals surface area (Å²) >= 11 is 3.31. The van der Waals surface area contributed by atoms with Gasteiger partial charge in [-0.2, -0.15) is 0 Å². The molecule has 0 aliphatic rings. The summed E-state index contributed by atoms with van der Waals surface area (Å²) in [4.78, 5) is 0. The fourth-order valence-electron chi connectivity index (χ4n) is 1.70. The van der Waals surface area contributed by atoms with Gasteiger partial charge < -0.3 is 0 Å². The third-order valence-electron chi connectivity index (χ3n) is 2.60. The van der Waals surface area contributed by atoms with E-state index >= 15 is 0 Å². The van der Waals surface area contributed by atoms with Crippen LogP contribution in [0.25, 0.3) is 0 Å². The van der Waals surface area contributed by atoms with Crippen molar-refractivity contribution < 1.29 is 8.42 Å². The maximum Gasteiger partial charge on any atom is 0.212 e. The van der Waals surface area contributed by atoms with Crippen LogP contribution >= 0.6 is 15.9 Å². The Balaban J connectivity index is 2.72. The third kappa shape index (κ3) is 5.08. The van der Waals surface area contributed by atoms with Crippen molar-refractivity contribution in [2.24, 2.45) is 0 Å². The molecule has 0 radical (unpaired) electrons. The second-order valence-corrected chi connectivity index (χ2v) is 7.54. The van der Waals surface area contributed by atoms with Gasteiger partial charge in [0.2, 0.25) is 10.0 Å². The summed E-state index contributed by atoms with van der Waals surface area (Å²) in [5.74, 6) is 0.0859. The van der Waals surface area contributed by atoms with Crippen LogP contribution in [0.15, 0.2) is 30.3 Å². The second kappa shape index (κ2) is 6.17. The van der Waals surface area contributed by atoms with Crippen LogP contribution in [0.5, 0.6) is 0 Å². The van der Waals surface area contributed by atoms with Gasteiger partial charge in [0.1, 0.15) is 0 Å². The summed E-state index contributed by atoms with van der Waals surface area (Å²) in [6, 6.07) is 9.69. The lowest BCUT2D eigenvalue weighted by Crippen LogP contribution is -2.46. The molecule has 0 saturated heterocycles. The van der Waals surface area contributed by atoms with E-state index in [-0.39, 0.29) is 11.7 Å². The van der Waals surface area contributed by atoms with Gasteiger partial charge >= 0.3 is 0 Å². The molecular weight excluding hydrogens is 314 g/mol. The van der Waals surface area contributed by atoms with E-state index in [2.05, 4.69) is 20.7 Å². The normalized spacial score (nSPS) is 14.4. The van der Waals surface area contributed by atoms with E-state index in [4.69, 9.17) is 0 Å². The topological polar surface area (TPSA) is 46.2 Å². The average Bonchev–Trinajstić information content (AvgIpc) is 2.28. The number of nitrogens with one attached hydrogen (secondary N) is 1. The van der Waals surface area contributed by atoms with Crippen LogP contribution in [0.4, 0.5) is 0 Å². The number of benzene rings is 1. The molecule has 0 aliphatic carbocycles. The molecule has 0 bridgehead atoms. The Hall–Kier alpha value is -0.390. The van der Waals surface area contributed by atoms with Gasteiger partial charge in [0.25, 0.3) is 0 Å². The van der Waals surface area contributed by atoms with E-state index in [1.807, 2.05) is 51.1 Å². The van der Waals surface area contributed by atoms with Gasteiger partial charge in [-0.3, -0.25) is 0 Å². The highest BCUT2D eigenvalue weighted by atomic mass is 79.9. The first-order valence-electron chi connectivity index (χ1n) is 5.88. The highest BCUT2D eigenvalue weighted by Crippen LogP contribution is 2.18. The molecular formula is C13H20BrNO2S. The first kappa shape index (κ1) is 15.7. The fraction of sp³-hybridized carbons (Fsp3) is 0.538. The summed E-state index contributed by atoms with van der Waals surface area (Å²) in [5.41, 5.74) is 0.578. The van der Waals surface area contributed by atoms with E-state index in [1.165, 1.54) is 0 Å². The van der Waals surface area contributed by atoms with Gasteiger partial charge in [0, 0.05) is 10.9 Å². The van der Waals surface area contributed by atoms with Crippen molar-refractivity contribution in [1.29, 1.82) is 0 Å². The predicted molar refractivity (Wildman–Crippen MR) is 79.7 cm³/mol. The Morgan fingerprint density at radius 2 is 1.83 bits per heavy atom. The zero-order valence-electron chi connectivity index (χ0n) is 11.0. The number of hydrogen-bond donors (Lipinski definition) is 1. The molecule has 0 amide bonds. The van der Waals surface area contributed by atoms with Crippen LogP contribution in [0.1, 0.15) is 32.3 Å². The molecule has 0 spiro atoms. The standard InChI is InChI=1S/C13H20BrNO2S/c1-11(12-7-5-4-6-8-12)9-18(16,17)15-13(2,3)10-14/h4-8,11,15H,9-10H2,1-3H3. The van der Waals surface area contributed by atoms with E-state index < -0.39 is 15.6 Å². The minimum absolute atomic E-state index is 0.0187. The SMILES string of the molecule is CC(CS(=O)(=O)NC(C)(C)CBr)c1ccccc1. The summed E-state index contributed by atoms with van der Waals surface area (Å²) < 4.78 is 26.8. The third-order valence-corrected chi connectivity index (χ3v) is 5.81. The molecule has 1 unspecified atom stereocenters. The second-order valence-electron chi connectivity index (χ2n) is 5.21. The van der Waals surface area contributed by atoms with E-state index in [0.29, 0.717) is 5.33 Å². The Morgan fingerprint density at radius 3 is 2.33 bits per heavy atom.